The highest BCUT2D eigenvalue weighted by molar-refractivity contribution is 5.98. The van der Waals surface area contributed by atoms with E-state index in [0.717, 1.165) is 29.5 Å². The molecule has 2 aromatic heterocycles. The van der Waals surface area contributed by atoms with Gasteiger partial charge < -0.3 is 99.5 Å². The number of hydrogen-bond donors (Lipinski definition) is 15. The van der Waals surface area contributed by atoms with E-state index in [1.165, 1.54) is 26.4 Å². The summed E-state index contributed by atoms with van der Waals surface area (Å²) in [6.07, 6.45) is 3.06. The molecule has 32 heteroatoms. The van der Waals surface area contributed by atoms with Crippen LogP contribution < -0.4 is 65.5 Å². The van der Waals surface area contributed by atoms with E-state index in [9.17, 15) is 62.6 Å². The molecule has 4 rings (SSSR count). The number of nitrogens with zero attached hydrogens (tertiary/aromatic N) is 1. The zero-order valence-electron chi connectivity index (χ0n) is 67.2. The first-order valence-corrected chi connectivity index (χ1v) is 39.2. The van der Waals surface area contributed by atoms with Crippen molar-refractivity contribution in [3.05, 3.63) is 90.1 Å². The number of aromatic amines is 2. The molecule has 2 aromatic carbocycles. The van der Waals surface area contributed by atoms with Crippen LogP contribution in [-0.2, 0) is 95.7 Å². The Hall–Kier alpha value is -8.73. The van der Waals surface area contributed by atoms with E-state index >= 15 is 0 Å². The summed E-state index contributed by atoms with van der Waals surface area (Å²) in [7, 11) is 0. The molecule has 0 radical (unpaired) electrons. The van der Waals surface area contributed by atoms with Crippen molar-refractivity contribution in [3.8, 4) is 0 Å². The fourth-order valence-electron chi connectivity index (χ4n) is 12.4. The average molecular weight is 1570 g/mol. The van der Waals surface area contributed by atoms with E-state index in [1.54, 1.807) is 50.4 Å². The number of Topliss-reactive ketones (excluding diaryl/α,β-unsaturated/α-hetero) is 4. The molecule has 0 aliphatic heterocycles. The molecule has 0 fully saturated rings. The van der Waals surface area contributed by atoms with Gasteiger partial charge in [-0.15, -0.1) is 0 Å². The Bertz CT molecular complexity index is 3460. The summed E-state index contributed by atoms with van der Waals surface area (Å²) in [6, 6.07) is 11.8. The minimum Gasteiger partial charge on any atom is -0.391 e. The lowest BCUT2D eigenvalue weighted by Crippen LogP contribution is -2.53. The summed E-state index contributed by atoms with van der Waals surface area (Å²) in [4.78, 5) is 170. The zero-order chi connectivity index (χ0) is 82.9. The monoisotopic (exact) mass is 1570 g/mol. The smallest absolute Gasteiger partial charge is 0.243 e. The van der Waals surface area contributed by atoms with Crippen molar-refractivity contribution < 1.29 is 81.6 Å². The third kappa shape index (κ3) is 40.6. The number of imidazole rings is 1. The van der Waals surface area contributed by atoms with Crippen molar-refractivity contribution in [1.29, 1.82) is 0 Å². The molecule has 0 saturated heterocycles. The number of aliphatic hydroxyl groups is 1. The van der Waals surface area contributed by atoms with Crippen molar-refractivity contribution in [2.75, 3.05) is 105 Å². The van der Waals surface area contributed by atoms with E-state index in [0.29, 0.717) is 110 Å². The number of aromatic nitrogens is 3. The molecule has 4 aromatic rings. The number of ketones is 4. The highest BCUT2D eigenvalue weighted by atomic mass is 16.6. The molecule has 2 heterocycles. The number of nitrogens with two attached hydrogens (primary N) is 4. The van der Waals surface area contributed by atoms with Gasteiger partial charge in [-0.05, 0) is 74.0 Å². The molecule has 32 nitrogen and oxygen atoms in total. The predicted molar refractivity (Wildman–Crippen MR) is 425 cm³/mol. The third-order valence-electron chi connectivity index (χ3n) is 18.4. The molecule has 19 N–H and O–H groups in total. The maximum absolute atomic E-state index is 14.4. The molecule has 8 amide bonds. The molecule has 2 unspecified atom stereocenters. The van der Waals surface area contributed by atoms with Crippen LogP contribution in [0.15, 0.2) is 73.3 Å². The predicted octanol–water partition coefficient (Wildman–Crippen LogP) is 1.86. The Kier molecular flexibility index (Phi) is 48.4. The first-order chi connectivity index (χ1) is 53.5. The number of ether oxygens (including phenoxy) is 4. The fourth-order valence-corrected chi connectivity index (χ4v) is 12.4. The Balaban J connectivity index is 0.000000941. The second-order valence-electron chi connectivity index (χ2n) is 29.5. The SMILES string of the molecule is CC(=O)N[C@H](Cc1ccccc1)C(=O)N[C@H](CCC(N)=O)C(=O)C[C@H](Cc1c[nH]c2ccccc12)C(=O)N[C@H](C)C(=O)C[C@@H](C(=O)NCC(=O)C[C@H](Cc1cnc[nH]1)C(=O)NC(CC(C)C)C(O)CC(=O)C[C@H](CC(C)C)C(N)=O)C(C)C.CCCOCCOCCOCCOCCNC(=O)C(CNCCN)CNCCN. The quantitative estimate of drug-likeness (QED) is 0.0281. The minimum atomic E-state index is -1.31. The molecular weight excluding hydrogens is 1440 g/mol. The van der Waals surface area contributed by atoms with Crippen molar-refractivity contribution in [2.45, 2.75) is 176 Å². The van der Waals surface area contributed by atoms with Crippen LogP contribution >= 0.6 is 0 Å². The lowest BCUT2D eigenvalue weighted by Gasteiger charge is -2.28. The van der Waals surface area contributed by atoms with Gasteiger partial charge in [0.05, 0.1) is 95.2 Å². The van der Waals surface area contributed by atoms with Crippen LogP contribution in [0, 0.1) is 47.3 Å². The lowest BCUT2D eigenvalue weighted by molar-refractivity contribution is -0.135. The summed E-state index contributed by atoms with van der Waals surface area (Å²) in [5.74, 6) is -10.8. The minimum absolute atomic E-state index is 0.0111. The van der Waals surface area contributed by atoms with Crippen molar-refractivity contribution >= 4 is 81.3 Å². The average Bonchev–Trinajstić information content (AvgIpc) is 1.69. The number of primary amides is 2. The lowest BCUT2D eigenvalue weighted by atomic mass is 9.87. The molecule has 626 valence electrons. The van der Waals surface area contributed by atoms with Gasteiger partial charge >= 0.3 is 0 Å². The molecule has 0 spiro atoms. The van der Waals surface area contributed by atoms with Crippen molar-refractivity contribution in [1.82, 2.24) is 57.5 Å². The van der Waals surface area contributed by atoms with E-state index < -0.39 is 132 Å². The number of para-hydroxylation sites is 1. The number of amides is 8. The van der Waals surface area contributed by atoms with Gasteiger partial charge in [0.15, 0.2) is 17.3 Å². The third-order valence-corrected chi connectivity index (χ3v) is 18.4. The second kappa shape index (κ2) is 55.7. The number of rotatable bonds is 61. The summed E-state index contributed by atoms with van der Waals surface area (Å²) in [5, 5.41) is 34.9. The van der Waals surface area contributed by atoms with Crippen LogP contribution in [0.4, 0.5) is 0 Å². The maximum atomic E-state index is 14.4. The number of nitrogens with one attached hydrogen (secondary N) is 10. The van der Waals surface area contributed by atoms with Crippen LogP contribution in [0.1, 0.15) is 143 Å². The molecule has 112 heavy (non-hydrogen) atoms. The second-order valence-corrected chi connectivity index (χ2v) is 29.5. The van der Waals surface area contributed by atoms with Gasteiger partial charge in [0, 0.05) is 157 Å². The number of fused-ring (bicyclic) bond motifs is 1. The van der Waals surface area contributed by atoms with Crippen molar-refractivity contribution in [3.63, 3.8) is 0 Å². The van der Waals surface area contributed by atoms with E-state index in [1.807, 2.05) is 52.0 Å². The van der Waals surface area contributed by atoms with Gasteiger partial charge in [-0.25, -0.2) is 4.98 Å². The van der Waals surface area contributed by atoms with E-state index in [-0.39, 0.29) is 93.7 Å². The van der Waals surface area contributed by atoms with E-state index in [2.05, 4.69) is 64.4 Å². The van der Waals surface area contributed by atoms with Gasteiger partial charge in [0.1, 0.15) is 11.8 Å². The van der Waals surface area contributed by atoms with E-state index in [4.69, 9.17) is 41.9 Å². The molecule has 0 aliphatic carbocycles. The highest BCUT2D eigenvalue weighted by Crippen LogP contribution is 2.26. The number of hydrogen-bond acceptors (Lipinski definition) is 22. The zero-order valence-corrected chi connectivity index (χ0v) is 67.2. The van der Waals surface area contributed by atoms with Gasteiger partial charge in [-0.1, -0.05) is 97.0 Å². The summed E-state index contributed by atoms with van der Waals surface area (Å²) in [5.41, 5.74) is 24.7. The molecule has 0 aliphatic rings. The number of carbonyl (C=O) groups is 12. The molecule has 0 saturated carbocycles. The summed E-state index contributed by atoms with van der Waals surface area (Å²) >= 11 is 0. The highest BCUT2D eigenvalue weighted by Gasteiger charge is 2.36. The maximum Gasteiger partial charge on any atom is 0.243 e. The number of carbonyl (C=O) groups excluding carboxylic acids is 12. The van der Waals surface area contributed by atoms with Crippen molar-refractivity contribution in [2.24, 2.45) is 70.3 Å². The van der Waals surface area contributed by atoms with Crippen LogP contribution in [0.5, 0.6) is 0 Å². The fraction of sp³-hybridized carbons (Fsp3) is 0.637. The molecule has 9 atom stereocenters. The normalized spacial score (nSPS) is 13.9. The van der Waals surface area contributed by atoms with Gasteiger partial charge in [0.2, 0.25) is 47.3 Å². The summed E-state index contributed by atoms with van der Waals surface area (Å²) < 4.78 is 21.6. The first kappa shape index (κ1) is 97.5. The number of aliphatic hydroxyl groups excluding tert-OH is 1. The Labute approximate surface area is 659 Å². The molecular formula is C80H129N15O17. The Morgan fingerprint density at radius 1 is 0.545 bits per heavy atom. The topological polar surface area (TPSA) is 507 Å². The Morgan fingerprint density at radius 2 is 1.13 bits per heavy atom. The molecule has 0 bridgehead atoms. The Morgan fingerprint density at radius 3 is 1.71 bits per heavy atom. The van der Waals surface area contributed by atoms with Crippen LogP contribution in [0.25, 0.3) is 10.9 Å². The van der Waals surface area contributed by atoms with Gasteiger partial charge in [0.25, 0.3) is 0 Å². The van der Waals surface area contributed by atoms with Gasteiger partial charge in [-0.2, -0.15) is 0 Å². The summed E-state index contributed by atoms with van der Waals surface area (Å²) in [6.45, 7) is 23.8. The number of benzene rings is 2. The van der Waals surface area contributed by atoms with Crippen LogP contribution in [0.2, 0.25) is 0 Å². The standard InChI is InChI=1S/C61H86N10O12.C19H43N5O5/c1-34(2)20-40(57(63)79)25-45(73)28-55(77)51(21-35(3)4)71-59(81)42(24-44-31-64-33-67-44)26-46(74)32-66-60(82)48(36(5)6)29-53(75)37(7)68-58(80)41(23-43-30-65-49-17-13-12-16-47(43)49)27-54(76)50(18-19-56(62)78)70-61(83)52(69-38(8)72)22-39-14-10-9-11-15-39;1-2-8-26-10-12-28-14-15-29-13-11-27-9-7-24-19(25)18(16-22-5-3-20)17-23-6-4-21/h9-17,30-31,33-37,40-42,48,50-52,55,65,77H,18-29,32H2,1-8H3,(H2,62,78)(H2,63,79)(H,64,67)(H,66,82)(H,68,80)(H,69,72)(H,70,83)(H,71,81);18,22-23H,2-17,20-21H2,1H3,(H,24,25)/t37-,40+,41+,42+,48-,50-,51?,52-,55?;/m1./s1. The van der Waals surface area contributed by atoms with Crippen LogP contribution in [-0.4, -0.2) is 226 Å². The largest absolute Gasteiger partial charge is 0.391 e. The first-order valence-electron chi connectivity index (χ1n) is 39.2. The van der Waals surface area contributed by atoms with Gasteiger partial charge in [-0.3, -0.25) is 57.5 Å². The number of H-pyrrole nitrogens is 2. The van der Waals surface area contributed by atoms with Crippen LogP contribution in [0.3, 0.4) is 0 Å².